The molecule has 0 aromatic heterocycles. The topological polar surface area (TPSA) is 102 Å². The third-order valence-electron chi connectivity index (χ3n) is 3.10. The normalized spacial score (nSPS) is 11.0. The Morgan fingerprint density at radius 3 is 2.33 bits per heavy atom. The van der Waals surface area contributed by atoms with Gasteiger partial charge in [0, 0.05) is 6.07 Å². The number of methoxy groups -OCH3 is 2. The molecule has 0 saturated carbocycles. The fourth-order valence-corrected chi connectivity index (χ4v) is 3.11. The lowest BCUT2D eigenvalue weighted by Gasteiger charge is -2.12. The standard InChI is InChI=1S/C15H14FNO6S/c1-22-12-6-4-10(8-13(12)23-2)17-24(20,21)14-7-9(15(18)19)3-5-11(14)16/h3-8,17H,1-2H3,(H,18,19). The van der Waals surface area contributed by atoms with Gasteiger partial charge in [0.05, 0.1) is 25.5 Å². The molecule has 2 aromatic rings. The van der Waals surface area contributed by atoms with Crippen molar-refractivity contribution >= 4 is 21.7 Å². The van der Waals surface area contributed by atoms with Crippen molar-refractivity contribution in [3.63, 3.8) is 0 Å². The van der Waals surface area contributed by atoms with Gasteiger partial charge >= 0.3 is 5.97 Å². The second-order valence-corrected chi connectivity index (χ2v) is 6.28. The number of hydrogen-bond donors (Lipinski definition) is 2. The molecule has 0 heterocycles. The van der Waals surface area contributed by atoms with Gasteiger partial charge in [-0.3, -0.25) is 4.72 Å². The van der Waals surface area contributed by atoms with Crippen LogP contribution in [0.5, 0.6) is 11.5 Å². The molecule has 0 aliphatic heterocycles. The van der Waals surface area contributed by atoms with Crippen molar-refractivity contribution in [1.29, 1.82) is 0 Å². The van der Waals surface area contributed by atoms with Crippen molar-refractivity contribution in [2.75, 3.05) is 18.9 Å². The van der Waals surface area contributed by atoms with Gasteiger partial charge in [0.1, 0.15) is 10.7 Å². The number of ether oxygens (including phenoxy) is 2. The second-order valence-electron chi connectivity index (χ2n) is 4.63. The molecule has 2 aromatic carbocycles. The molecule has 9 heteroatoms. The molecular formula is C15H14FNO6S. The minimum absolute atomic E-state index is 0.104. The van der Waals surface area contributed by atoms with Crippen LogP contribution in [-0.2, 0) is 10.0 Å². The Bertz CT molecular complexity index is 882. The van der Waals surface area contributed by atoms with Crippen LogP contribution in [0.25, 0.3) is 0 Å². The Balaban J connectivity index is 2.42. The summed E-state index contributed by atoms with van der Waals surface area (Å²) in [6.45, 7) is 0. The largest absolute Gasteiger partial charge is 0.493 e. The van der Waals surface area contributed by atoms with Gasteiger partial charge in [-0.25, -0.2) is 17.6 Å². The van der Waals surface area contributed by atoms with E-state index in [4.69, 9.17) is 14.6 Å². The summed E-state index contributed by atoms with van der Waals surface area (Å²) < 4.78 is 50.8. The molecule has 0 unspecified atom stereocenters. The SMILES string of the molecule is COc1ccc(NS(=O)(=O)c2cc(C(=O)O)ccc2F)cc1OC. The van der Waals surface area contributed by atoms with Gasteiger partial charge < -0.3 is 14.6 Å². The third-order valence-corrected chi connectivity index (χ3v) is 4.50. The van der Waals surface area contributed by atoms with Crippen LogP contribution in [0.4, 0.5) is 10.1 Å². The first-order valence-corrected chi connectivity index (χ1v) is 8.04. The smallest absolute Gasteiger partial charge is 0.335 e. The van der Waals surface area contributed by atoms with Gasteiger partial charge in [0.2, 0.25) is 0 Å². The molecule has 2 rings (SSSR count). The minimum atomic E-state index is -4.33. The van der Waals surface area contributed by atoms with Crippen molar-refractivity contribution in [1.82, 2.24) is 0 Å². The lowest BCUT2D eigenvalue weighted by atomic mass is 10.2. The molecule has 2 N–H and O–H groups in total. The highest BCUT2D eigenvalue weighted by Crippen LogP contribution is 2.31. The summed E-state index contributed by atoms with van der Waals surface area (Å²) in [5, 5.41) is 8.91. The summed E-state index contributed by atoms with van der Waals surface area (Å²) in [6, 6.07) is 6.74. The average molecular weight is 355 g/mol. The summed E-state index contributed by atoms with van der Waals surface area (Å²) in [5.41, 5.74) is -0.239. The highest BCUT2D eigenvalue weighted by atomic mass is 32.2. The molecule has 0 fully saturated rings. The van der Waals surface area contributed by atoms with Crippen LogP contribution >= 0.6 is 0 Å². The van der Waals surface area contributed by atoms with E-state index < -0.39 is 26.7 Å². The summed E-state index contributed by atoms with van der Waals surface area (Å²) in [6.07, 6.45) is 0. The number of rotatable bonds is 6. The first-order valence-electron chi connectivity index (χ1n) is 6.56. The van der Waals surface area contributed by atoms with E-state index in [2.05, 4.69) is 4.72 Å². The fraction of sp³-hybridized carbons (Fsp3) is 0.133. The molecule has 24 heavy (non-hydrogen) atoms. The summed E-state index contributed by atoms with van der Waals surface area (Å²) in [5.74, 6) is -1.76. The Morgan fingerprint density at radius 1 is 1.08 bits per heavy atom. The van der Waals surface area contributed by atoms with E-state index in [1.807, 2.05) is 0 Å². The van der Waals surface area contributed by atoms with Gasteiger partial charge in [-0.05, 0) is 30.3 Å². The van der Waals surface area contributed by atoms with E-state index in [1.54, 1.807) is 0 Å². The van der Waals surface area contributed by atoms with E-state index in [-0.39, 0.29) is 17.0 Å². The monoisotopic (exact) mass is 355 g/mol. The van der Waals surface area contributed by atoms with Gasteiger partial charge in [0.25, 0.3) is 10.0 Å². The fourth-order valence-electron chi connectivity index (χ4n) is 1.95. The van der Waals surface area contributed by atoms with E-state index in [0.717, 1.165) is 18.2 Å². The maximum absolute atomic E-state index is 13.8. The van der Waals surface area contributed by atoms with Crippen LogP contribution in [0.15, 0.2) is 41.3 Å². The number of halogens is 1. The van der Waals surface area contributed by atoms with Crippen LogP contribution in [0, 0.1) is 5.82 Å². The van der Waals surface area contributed by atoms with Crippen LogP contribution in [0.1, 0.15) is 10.4 Å². The molecule has 0 aliphatic rings. The third kappa shape index (κ3) is 3.57. The van der Waals surface area contributed by atoms with Gasteiger partial charge in [-0.15, -0.1) is 0 Å². The van der Waals surface area contributed by atoms with Crippen LogP contribution < -0.4 is 14.2 Å². The zero-order valence-electron chi connectivity index (χ0n) is 12.7. The quantitative estimate of drug-likeness (QED) is 0.825. The van der Waals surface area contributed by atoms with Crippen molar-refractivity contribution in [2.24, 2.45) is 0 Å². The molecule has 7 nitrogen and oxygen atoms in total. The van der Waals surface area contributed by atoms with Crippen molar-refractivity contribution in [3.05, 3.63) is 47.8 Å². The van der Waals surface area contributed by atoms with Crippen molar-refractivity contribution in [3.8, 4) is 11.5 Å². The van der Waals surface area contributed by atoms with E-state index in [9.17, 15) is 17.6 Å². The van der Waals surface area contributed by atoms with Gasteiger partial charge in [-0.1, -0.05) is 0 Å². The van der Waals surface area contributed by atoms with Crippen molar-refractivity contribution < 1.29 is 32.2 Å². The molecule has 0 radical (unpaired) electrons. The van der Waals surface area contributed by atoms with E-state index >= 15 is 0 Å². The maximum Gasteiger partial charge on any atom is 0.335 e. The molecule has 128 valence electrons. The number of carboxylic acids is 1. The number of hydrogen-bond acceptors (Lipinski definition) is 5. The Hall–Kier alpha value is -2.81. The zero-order valence-corrected chi connectivity index (χ0v) is 13.6. The average Bonchev–Trinajstić information content (AvgIpc) is 2.54. The number of carboxylic acid groups (broad SMARTS) is 1. The molecule has 0 spiro atoms. The van der Waals surface area contributed by atoms with Crippen LogP contribution in [0.3, 0.4) is 0 Å². The second kappa shape index (κ2) is 6.75. The molecule has 0 amide bonds. The lowest BCUT2D eigenvalue weighted by Crippen LogP contribution is -2.15. The number of sulfonamides is 1. The number of aromatic carboxylic acids is 1. The number of nitrogens with one attached hydrogen (secondary N) is 1. The first-order chi connectivity index (χ1) is 11.3. The molecule has 0 bridgehead atoms. The van der Waals surface area contributed by atoms with Gasteiger partial charge in [0.15, 0.2) is 11.5 Å². The predicted molar refractivity (Wildman–Crippen MR) is 83.7 cm³/mol. The minimum Gasteiger partial charge on any atom is -0.493 e. The lowest BCUT2D eigenvalue weighted by molar-refractivity contribution is 0.0696. The van der Waals surface area contributed by atoms with Gasteiger partial charge in [-0.2, -0.15) is 0 Å². The predicted octanol–water partition coefficient (Wildman–Crippen LogP) is 2.34. The van der Waals surface area contributed by atoms with E-state index in [0.29, 0.717) is 5.75 Å². The molecule has 0 aliphatic carbocycles. The van der Waals surface area contributed by atoms with Crippen LogP contribution in [0.2, 0.25) is 0 Å². The Labute approximate surface area is 137 Å². The molecular weight excluding hydrogens is 341 g/mol. The number of anilines is 1. The van der Waals surface area contributed by atoms with Crippen LogP contribution in [-0.4, -0.2) is 33.7 Å². The summed E-state index contributed by atoms with van der Waals surface area (Å²) in [4.78, 5) is 10.2. The zero-order chi connectivity index (χ0) is 17.9. The molecule has 0 saturated heterocycles. The van der Waals surface area contributed by atoms with E-state index in [1.165, 1.54) is 32.4 Å². The molecule has 0 atom stereocenters. The Morgan fingerprint density at radius 2 is 1.75 bits per heavy atom. The maximum atomic E-state index is 13.8. The number of benzene rings is 2. The Kier molecular flexibility index (Phi) is 4.93. The van der Waals surface area contributed by atoms with Crippen molar-refractivity contribution in [2.45, 2.75) is 4.90 Å². The summed E-state index contributed by atoms with van der Waals surface area (Å²) >= 11 is 0. The highest BCUT2D eigenvalue weighted by molar-refractivity contribution is 7.92. The number of carbonyl (C=O) groups is 1. The highest BCUT2D eigenvalue weighted by Gasteiger charge is 2.22. The summed E-state index contributed by atoms with van der Waals surface area (Å²) in [7, 11) is -1.52. The first kappa shape index (κ1) is 17.5.